The van der Waals surface area contributed by atoms with Crippen molar-refractivity contribution in [1.29, 1.82) is 0 Å². The minimum absolute atomic E-state index is 0.104. The number of fused-ring (bicyclic) bond motifs is 1. The van der Waals surface area contributed by atoms with Crippen molar-refractivity contribution in [3.8, 4) is 11.3 Å². The Morgan fingerprint density at radius 1 is 1.09 bits per heavy atom. The predicted octanol–water partition coefficient (Wildman–Crippen LogP) is 5.63. The SMILES string of the molecule is CC(C)NC(=O)NCc1ccc(CNc2cc(-c3ccccc3Cl)nc3c(Br)cnn23)cc1. The number of halogens is 2. The molecule has 4 aromatic rings. The standard InChI is InChI=1S/C24H24BrClN6O/c1-15(2)30-24(33)28-13-17-9-7-16(8-10-17)12-27-22-11-21(18-5-3-4-6-20(18)26)31-23-19(25)14-29-32(22)23/h3-11,14-15,27H,12-13H2,1-2H3,(H2,28,30,33). The molecular weight excluding hydrogens is 504 g/mol. The summed E-state index contributed by atoms with van der Waals surface area (Å²) >= 11 is 9.94. The van der Waals surface area contributed by atoms with E-state index >= 15 is 0 Å². The van der Waals surface area contributed by atoms with Gasteiger partial charge in [-0.25, -0.2) is 9.78 Å². The van der Waals surface area contributed by atoms with Gasteiger partial charge in [-0.3, -0.25) is 0 Å². The third-order valence-electron chi connectivity index (χ3n) is 4.95. The van der Waals surface area contributed by atoms with E-state index in [1.807, 2.05) is 68.4 Å². The molecule has 170 valence electrons. The molecule has 0 atom stereocenters. The van der Waals surface area contributed by atoms with E-state index in [2.05, 4.69) is 37.0 Å². The van der Waals surface area contributed by atoms with Gasteiger partial charge >= 0.3 is 6.03 Å². The number of rotatable bonds is 7. The largest absolute Gasteiger partial charge is 0.366 e. The maximum Gasteiger partial charge on any atom is 0.315 e. The first-order valence-electron chi connectivity index (χ1n) is 10.6. The molecule has 0 saturated heterocycles. The van der Waals surface area contributed by atoms with Crippen LogP contribution in [0.3, 0.4) is 0 Å². The molecule has 0 aliphatic heterocycles. The Bertz CT molecular complexity index is 1270. The van der Waals surface area contributed by atoms with Gasteiger partial charge in [-0.2, -0.15) is 9.61 Å². The average Bonchev–Trinajstić information content (AvgIpc) is 3.17. The van der Waals surface area contributed by atoms with Crippen molar-refractivity contribution in [2.24, 2.45) is 0 Å². The van der Waals surface area contributed by atoms with Crippen molar-refractivity contribution in [1.82, 2.24) is 25.2 Å². The van der Waals surface area contributed by atoms with Crippen molar-refractivity contribution in [3.05, 3.63) is 81.4 Å². The van der Waals surface area contributed by atoms with Crippen LogP contribution < -0.4 is 16.0 Å². The third-order valence-corrected chi connectivity index (χ3v) is 5.84. The number of hydrogen-bond donors (Lipinski definition) is 3. The monoisotopic (exact) mass is 526 g/mol. The van der Waals surface area contributed by atoms with Crippen LogP contribution in [-0.4, -0.2) is 26.7 Å². The molecule has 9 heteroatoms. The van der Waals surface area contributed by atoms with E-state index < -0.39 is 0 Å². The van der Waals surface area contributed by atoms with Crippen molar-refractivity contribution >= 4 is 45.0 Å². The van der Waals surface area contributed by atoms with Crippen LogP contribution in [0.2, 0.25) is 5.02 Å². The van der Waals surface area contributed by atoms with Gasteiger partial charge in [0.25, 0.3) is 0 Å². The molecule has 0 aliphatic rings. The zero-order valence-corrected chi connectivity index (χ0v) is 20.6. The molecule has 2 heterocycles. The summed E-state index contributed by atoms with van der Waals surface area (Å²) in [5, 5.41) is 14.2. The van der Waals surface area contributed by atoms with Crippen molar-refractivity contribution in [3.63, 3.8) is 0 Å². The summed E-state index contributed by atoms with van der Waals surface area (Å²) < 4.78 is 2.56. The minimum Gasteiger partial charge on any atom is -0.366 e. The Morgan fingerprint density at radius 2 is 1.79 bits per heavy atom. The Morgan fingerprint density at radius 3 is 2.48 bits per heavy atom. The van der Waals surface area contributed by atoms with E-state index in [-0.39, 0.29) is 12.1 Å². The number of benzene rings is 2. The van der Waals surface area contributed by atoms with Crippen molar-refractivity contribution in [2.45, 2.75) is 33.0 Å². The first-order chi connectivity index (χ1) is 15.9. The Balaban J connectivity index is 1.49. The minimum atomic E-state index is -0.169. The first kappa shape index (κ1) is 23.1. The molecule has 7 nitrogen and oxygen atoms in total. The van der Waals surface area contributed by atoms with Crippen molar-refractivity contribution < 1.29 is 4.79 Å². The van der Waals surface area contributed by atoms with Crippen LogP contribution in [0.5, 0.6) is 0 Å². The number of amides is 2. The highest BCUT2D eigenvalue weighted by Gasteiger charge is 2.13. The summed E-state index contributed by atoms with van der Waals surface area (Å²) in [6.45, 7) is 4.93. The van der Waals surface area contributed by atoms with E-state index in [1.54, 1.807) is 10.7 Å². The molecule has 2 amide bonds. The van der Waals surface area contributed by atoms with Gasteiger partial charge in [0.2, 0.25) is 0 Å². The van der Waals surface area contributed by atoms with Gasteiger partial charge in [0.15, 0.2) is 5.65 Å². The van der Waals surface area contributed by atoms with Crippen LogP contribution in [-0.2, 0) is 13.1 Å². The number of urea groups is 1. The van der Waals surface area contributed by atoms with Crippen LogP contribution in [0.15, 0.2) is 65.3 Å². The Kier molecular flexibility index (Phi) is 7.15. The summed E-state index contributed by atoms with van der Waals surface area (Å²) in [4.78, 5) is 16.5. The molecule has 3 N–H and O–H groups in total. The van der Waals surface area contributed by atoms with Gasteiger partial charge in [0.05, 0.1) is 16.4 Å². The predicted molar refractivity (Wildman–Crippen MR) is 135 cm³/mol. The lowest BCUT2D eigenvalue weighted by Gasteiger charge is -2.12. The van der Waals surface area contributed by atoms with Crippen molar-refractivity contribution in [2.75, 3.05) is 5.32 Å². The molecule has 0 bridgehead atoms. The molecule has 2 aromatic carbocycles. The molecule has 4 rings (SSSR count). The quantitative estimate of drug-likeness (QED) is 0.291. The number of nitrogens with one attached hydrogen (secondary N) is 3. The maximum absolute atomic E-state index is 11.8. The summed E-state index contributed by atoms with van der Waals surface area (Å²) in [6.07, 6.45) is 1.72. The second-order valence-corrected chi connectivity index (χ2v) is 9.15. The topological polar surface area (TPSA) is 83.4 Å². The van der Waals surface area contributed by atoms with Gasteiger partial charge in [-0.05, 0) is 47.0 Å². The van der Waals surface area contributed by atoms with Crippen LogP contribution in [0.4, 0.5) is 10.6 Å². The lowest BCUT2D eigenvalue weighted by Crippen LogP contribution is -2.39. The number of aromatic nitrogens is 3. The second kappa shape index (κ2) is 10.2. The Hall–Kier alpha value is -3.10. The summed E-state index contributed by atoms with van der Waals surface area (Å²) in [5.74, 6) is 0.803. The van der Waals surface area contributed by atoms with Gasteiger partial charge in [-0.15, -0.1) is 0 Å². The highest BCUT2D eigenvalue weighted by molar-refractivity contribution is 9.10. The number of carbonyl (C=O) groups is 1. The maximum atomic E-state index is 11.8. The van der Waals surface area contributed by atoms with E-state index in [0.29, 0.717) is 23.8 Å². The molecule has 0 unspecified atom stereocenters. The van der Waals surface area contributed by atoms with Crippen LogP contribution >= 0.6 is 27.5 Å². The fourth-order valence-corrected chi connectivity index (χ4v) is 3.91. The van der Waals surface area contributed by atoms with Crippen LogP contribution in [0, 0.1) is 0 Å². The molecule has 33 heavy (non-hydrogen) atoms. The highest BCUT2D eigenvalue weighted by Crippen LogP contribution is 2.30. The fraction of sp³-hybridized carbons (Fsp3) is 0.208. The molecule has 0 radical (unpaired) electrons. The van der Waals surface area contributed by atoms with Crippen LogP contribution in [0.25, 0.3) is 16.9 Å². The van der Waals surface area contributed by atoms with E-state index in [9.17, 15) is 4.79 Å². The van der Waals surface area contributed by atoms with E-state index in [4.69, 9.17) is 16.6 Å². The number of anilines is 1. The molecule has 0 spiro atoms. The molecule has 2 aromatic heterocycles. The molecular formula is C24H24BrClN6O. The normalized spacial score (nSPS) is 11.1. The van der Waals surface area contributed by atoms with Gasteiger partial charge < -0.3 is 16.0 Å². The van der Waals surface area contributed by atoms with Gasteiger partial charge in [0, 0.05) is 35.8 Å². The van der Waals surface area contributed by atoms with E-state index in [0.717, 1.165) is 32.7 Å². The summed E-state index contributed by atoms with van der Waals surface area (Å²) in [6, 6.07) is 17.6. The zero-order valence-electron chi connectivity index (χ0n) is 18.3. The first-order valence-corrected chi connectivity index (χ1v) is 11.7. The van der Waals surface area contributed by atoms with Gasteiger partial charge in [0.1, 0.15) is 5.82 Å². The Labute approximate surface area is 205 Å². The average molecular weight is 528 g/mol. The molecule has 0 saturated carbocycles. The zero-order chi connectivity index (χ0) is 23.4. The lowest BCUT2D eigenvalue weighted by molar-refractivity contribution is 0.238. The highest BCUT2D eigenvalue weighted by atomic mass is 79.9. The van der Waals surface area contributed by atoms with Gasteiger partial charge in [-0.1, -0.05) is 54.1 Å². The molecule has 0 fully saturated rings. The van der Waals surface area contributed by atoms with Crippen LogP contribution in [0.1, 0.15) is 25.0 Å². The lowest BCUT2D eigenvalue weighted by atomic mass is 10.1. The smallest absolute Gasteiger partial charge is 0.315 e. The van der Waals surface area contributed by atoms with E-state index in [1.165, 1.54) is 0 Å². The summed E-state index contributed by atoms with van der Waals surface area (Å²) in [7, 11) is 0. The molecule has 0 aliphatic carbocycles. The summed E-state index contributed by atoms with van der Waals surface area (Å²) in [5.41, 5.74) is 4.45. The number of hydrogen-bond acceptors (Lipinski definition) is 4. The number of carbonyl (C=O) groups excluding carboxylic acids is 1. The second-order valence-electron chi connectivity index (χ2n) is 7.89. The number of nitrogens with zero attached hydrogens (tertiary/aromatic N) is 3. The third kappa shape index (κ3) is 5.64. The fourth-order valence-electron chi connectivity index (χ4n) is 3.33.